The van der Waals surface area contributed by atoms with Gasteiger partial charge in [-0.2, -0.15) is 0 Å². The lowest BCUT2D eigenvalue weighted by atomic mass is 10.1. The number of carbonyl (C=O) groups is 2. The SMILES string of the molecule is CC(=O)N(CCc1cccc(Cl)c1)CC(=O)Nc1cc(C)ccc1C. The van der Waals surface area contributed by atoms with Crippen LogP contribution in [-0.2, 0) is 16.0 Å². The van der Waals surface area contributed by atoms with E-state index in [9.17, 15) is 9.59 Å². The highest BCUT2D eigenvalue weighted by Crippen LogP contribution is 2.16. The molecular weight excluding hydrogens is 336 g/mol. The smallest absolute Gasteiger partial charge is 0.244 e. The van der Waals surface area contributed by atoms with Crippen LogP contribution >= 0.6 is 11.6 Å². The first-order valence-electron chi connectivity index (χ1n) is 8.22. The molecule has 0 atom stereocenters. The molecule has 0 radical (unpaired) electrons. The summed E-state index contributed by atoms with van der Waals surface area (Å²) < 4.78 is 0. The van der Waals surface area contributed by atoms with E-state index in [4.69, 9.17) is 11.6 Å². The maximum atomic E-state index is 12.3. The van der Waals surface area contributed by atoms with Gasteiger partial charge in [-0.1, -0.05) is 35.9 Å². The average Bonchev–Trinajstić information content (AvgIpc) is 2.54. The molecule has 4 nitrogen and oxygen atoms in total. The molecule has 2 aromatic carbocycles. The summed E-state index contributed by atoms with van der Waals surface area (Å²) in [5.74, 6) is -0.326. The van der Waals surface area contributed by atoms with Crippen molar-refractivity contribution in [1.29, 1.82) is 0 Å². The Labute approximate surface area is 153 Å². The number of anilines is 1. The largest absolute Gasteiger partial charge is 0.333 e. The maximum Gasteiger partial charge on any atom is 0.244 e. The van der Waals surface area contributed by atoms with Crippen molar-refractivity contribution in [1.82, 2.24) is 4.90 Å². The molecule has 0 aliphatic carbocycles. The van der Waals surface area contributed by atoms with Crippen LogP contribution in [0.3, 0.4) is 0 Å². The van der Waals surface area contributed by atoms with E-state index in [1.165, 1.54) is 6.92 Å². The number of carbonyl (C=O) groups excluding carboxylic acids is 2. The third-order valence-electron chi connectivity index (χ3n) is 4.01. The lowest BCUT2D eigenvalue weighted by Gasteiger charge is -2.21. The summed E-state index contributed by atoms with van der Waals surface area (Å²) in [6.07, 6.45) is 0.650. The monoisotopic (exact) mass is 358 g/mol. The van der Waals surface area contributed by atoms with Crippen LogP contribution in [0.1, 0.15) is 23.6 Å². The van der Waals surface area contributed by atoms with Crippen molar-refractivity contribution in [3.63, 3.8) is 0 Å². The molecule has 1 N–H and O–H groups in total. The Morgan fingerprint density at radius 3 is 2.56 bits per heavy atom. The molecule has 5 heteroatoms. The van der Waals surface area contributed by atoms with Crippen molar-refractivity contribution < 1.29 is 9.59 Å². The third-order valence-corrected chi connectivity index (χ3v) is 4.24. The minimum absolute atomic E-state index is 0.0310. The van der Waals surface area contributed by atoms with Crippen LogP contribution < -0.4 is 5.32 Å². The molecule has 0 aliphatic rings. The van der Waals surface area contributed by atoms with Crippen LogP contribution in [0, 0.1) is 13.8 Å². The van der Waals surface area contributed by atoms with Gasteiger partial charge in [-0.25, -0.2) is 0 Å². The Hall–Kier alpha value is -2.33. The van der Waals surface area contributed by atoms with Gasteiger partial charge in [-0.05, 0) is 55.2 Å². The molecule has 0 fully saturated rings. The second-order valence-corrected chi connectivity index (χ2v) is 6.62. The summed E-state index contributed by atoms with van der Waals surface area (Å²) in [4.78, 5) is 25.7. The van der Waals surface area contributed by atoms with Crippen molar-refractivity contribution >= 4 is 29.1 Å². The molecule has 0 spiro atoms. The Morgan fingerprint density at radius 1 is 1.12 bits per heavy atom. The highest BCUT2D eigenvalue weighted by atomic mass is 35.5. The number of nitrogens with zero attached hydrogens (tertiary/aromatic N) is 1. The standard InChI is InChI=1S/C20H23ClN2O2/c1-14-7-8-15(2)19(11-14)22-20(25)13-23(16(3)24)10-9-17-5-4-6-18(21)12-17/h4-8,11-12H,9-10,13H2,1-3H3,(H,22,25). The van der Waals surface area contributed by atoms with Crippen LogP contribution in [0.15, 0.2) is 42.5 Å². The second kappa shape index (κ2) is 8.67. The Bertz CT molecular complexity index is 774. The zero-order valence-electron chi connectivity index (χ0n) is 14.8. The number of rotatable bonds is 6. The molecule has 0 saturated heterocycles. The summed E-state index contributed by atoms with van der Waals surface area (Å²) in [6.45, 7) is 5.89. The highest BCUT2D eigenvalue weighted by Gasteiger charge is 2.14. The molecule has 2 rings (SSSR count). The van der Waals surface area contributed by atoms with Gasteiger partial charge < -0.3 is 10.2 Å². The van der Waals surface area contributed by atoms with Crippen LogP contribution in [0.25, 0.3) is 0 Å². The van der Waals surface area contributed by atoms with Gasteiger partial charge in [0.1, 0.15) is 0 Å². The van der Waals surface area contributed by atoms with E-state index in [-0.39, 0.29) is 18.4 Å². The molecule has 2 aromatic rings. The molecule has 0 bridgehead atoms. The minimum Gasteiger partial charge on any atom is -0.333 e. The van der Waals surface area contributed by atoms with Crippen LogP contribution in [-0.4, -0.2) is 29.8 Å². The fourth-order valence-corrected chi connectivity index (χ4v) is 2.75. The van der Waals surface area contributed by atoms with Crippen molar-refractivity contribution in [2.75, 3.05) is 18.4 Å². The Balaban J connectivity index is 1.97. The zero-order chi connectivity index (χ0) is 18.4. The average molecular weight is 359 g/mol. The molecule has 25 heavy (non-hydrogen) atoms. The van der Waals surface area contributed by atoms with E-state index >= 15 is 0 Å². The molecule has 0 heterocycles. The van der Waals surface area contributed by atoms with Crippen LogP contribution in [0.5, 0.6) is 0 Å². The second-order valence-electron chi connectivity index (χ2n) is 6.19. The number of halogens is 1. The summed E-state index contributed by atoms with van der Waals surface area (Å²) in [7, 11) is 0. The van der Waals surface area contributed by atoms with E-state index < -0.39 is 0 Å². The van der Waals surface area contributed by atoms with Crippen molar-refractivity contribution in [2.45, 2.75) is 27.2 Å². The first kappa shape index (κ1) is 19.0. The van der Waals surface area contributed by atoms with E-state index in [0.717, 1.165) is 22.4 Å². The Morgan fingerprint density at radius 2 is 1.88 bits per heavy atom. The number of amides is 2. The fraction of sp³-hybridized carbons (Fsp3) is 0.300. The lowest BCUT2D eigenvalue weighted by molar-refractivity contribution is -0.132. The number of aryl methyl sites for hydroxylation is 2. The molecule has 2 amide bonds. The molecule has 132 valence electrons. The Kier molecular flexibility index (Phi) is 6.59. The minimum atomic E-state index is -0.199. The van der Waals surface area contributed by atoms with Gasteiger partial charge in [0.25, 0.3) is 0 Å². The third kappa shape index (κ3) is 5.91. The zero-order valence-corrected chi connectivity index (χ0v) is 15.6. The first-order valence-corrected chi connectivity index (χ1v) is 8.60. The molecule has 0 aliphatic heterocycles. The first-order chi connectivity index (χ1) is 11.8. The van der Waals surface area contributed by atoms with Gasteiger partial charge in [0, 0.05) is 24.2 Å². The van der Waals surface area contributed by atoms with Gasteiger partial charge in [-0.3, -0.25) is 9.59 Å². The predicted molar refractivity (Wildman–Crippen MR) is 102 cm³/mol. The van der Waals surface area contributed by atoms with Gasteiger partial charge in [0.15, 0.2) is 0 Å². The van der Waals surface area contributed by atoms with E-state index in [2.05, 4.69) is 5.32 Å². The van der Waals surface area contributed by atoms with Crippen molar-refractivity contribution in [3.05, 3.63) is 64.2 Å². The van der Waals surface area contributed by atoms with E-state index in [1.807, 2.05) is 56.3 Å². The predicted octanol–water partition coefficient (Wildman–Crippen LogP) is 3.99. The van der Waals surface area contributed by atoms with Gasteiger partial charge in [0.2, 0.25) is 11.8 Å². The van der Waals surface area contributed by atoms with Crippen molar-refractivity contribution in [2.24, 2.45) is 0 Å². The van der Waals surface area contributed by atoms with Crippen LogP contribution in [0.4, 0.5) is 5.69 Å². The summed E-state index contributed by atoms with van der Waals surface area (Å²) in [6, 6.07) is 13.4. The number of hydrogen-bond donors (Lipinski definition) is 1. The molecule has 0 unspecified atom stereocenters. The highest BCUT2D eigenvalue weighted by molar-refractivity contribution is 6.30. The quantitative estimate of drug-likeness (QED) is 0.848. The summed E-state index contributed by atoms with van der Waals surface area (Å²) in [5.41, 5.74) is 3.88. The van der Waals surface area contributed by atoms with Gasteiger partial charge >= 0.3 is 0 Å². The fourth-order valence-electron chi connectivity index (χ4n) is 2.54. The molecule has 0 saturated carbocycles. The van der Waals surface area contributed by atoms with Gasteiger partial charge in [0.05, 0.1) is 6.54 Å². The number of benzene rings is 2. The topological polar surface area (TPSA) is 49.4 Å². The molecule has 0 aromatic heterocycles. The van der Waals surface area contributed by atoms with E-state index in [1.54, 1.807) is 4.90 Å². The normalized spacial score (nSPS) is 10.4. The summed E-state index contributed by atoms with van der Waals surface area (Å²) in [5, 5.41) is 3.56. The maximum absolute atomic E-state index is 12.3. The van der Waals surface area contributed by atoms with Crippen molar-refractivity contribution in [3.8, 4) is 0 Å². The number of nitrogens with one attached hydrogen (secondary N) is 1. The summed E-state index contributed by atoms with van der Waals surface area (Å²) >= 11 is 5.98. The molecular formula is C20H23ClN2O2. The lowest BCUT2D eigenvalue weighted by Crippen LogP contribution is -2.38. The van der Waals surface area contributed by atoms with Crippen LogP contribution in [0.2, 0.25) is 5.02 Å². The number of hydrogen-bond acceptors (Lipinski definition) is 2. The van der Waals surface area contributed by atoms with Gasteiger partial charge in [-0.15, -0.1) is 0 Å². The van der Waals surface area contributed by atoms with E-state index in [0.29, 0.717) is 18.0 Å².